The summed E-state index contributed by atoms with van der Waals surface area (Å²) in [5.41, 5.74) is 0.221. The maximum atomic E-state index is 11.9. The van der Waals surface area contributed by atoms with Gasteiger partial charge in [0.25, 0.3) is 5.91 Å². The third-order valence-corrected chi connectivity index (χ3v) is 2.61. The number of carbonyl (C=O) groups excluding carboxylic acids is 1. The molecule has 1 aromatic carbocycles. The van der Waals surface area contributed by atoms with E-state index in [0.29, 0.717) is 0 Å². The van der Waals surface area contributed by atoms with Crippen molar-refractivity contribution in [2.75, 3.05) is 13.7 Å². The van der Waals surface area contributed by atoms with Gasteiger partial charge >= 0.3 is 6.18 Å². The second kappa shape index (κ2) is 7.02. The van der Waals surface area contributed by atoms with Crippen LogP contribution >= 0.6 is 0 Å². The molecule has 0 aromatic heterocycles. The number of alkyl halides is 3. The average molecular weight is 291 g/mol. The van der Waals surface area contributed by atoms with Gasteiger partial charge in [0.15, 0.2) is 11.5 Å². The smallest absolute Gasteiger partial charge is 0.389 e. The van der Waals surface area contributed by atoms with Gasteiger partial charge in [0.2, 0.25) is 0 Å². The summed E-state index contributed by atoms with van der Waals surface area (Å²) in [5, 5.41) is 12.0. The molecule has 20 heavy (non-hydrogen) atoms. The standard InChI is InChI=1S/C13H16F3NO3/c1-20-11-5-4-9(8-10(11)18)12(19)17-7-3-2-6-13(14,15)16/h4-5,8,18H,2-3,6-7H2,1H3,(H,17,19). The van der Waals surface area contributed by atoms with Crippen molar-refractivity contribution < 1.29 is 27.8 Å². The van der Waals surface area contributed by atoms with Gasteiger partial charge in [0.05, 0.1) is 7.11 Å². The monoisotopic (exact) mass is 291 g/mol. The number of phenolic OH excluding ortho intramolecular Hbond substituents is 1. The number of phenols is 1. The summed E-state index contributed by atoms with van der Waals surface area (Å²) < 4.78 is 40.5. The van der Waals surface area contributed by atoms with Gasteiger partial charge in [-0.15, -0.1) is 0 Å². The van der Waals surface area contributed by atoms with Gasteiger partial charge in [-0.1, -0.05) is 0 Å². The highest BCUT2D eigenvalue weighted by Gasteiger charge is 2.25. The van der Waals surface area contributed by atoms with Crippen LogP contribution in [0.5, 0.6) is 11.5 Å². The van der Waals surface area contributed by atoms with Gasteiger partial charge < -0.3 is 15.2 Å². The van der Waals surface area contributed by atoms with E-state index in [1.165, 1.54) is 25.3 Å². The molecule has 0 aliphatic carbocycles. The van der Waals surface area contributed by atoms with Crippen LogP contribution < -0.4 is 10.1 Å². The fraction of sp³-hybridized carbons (Fsp3) is 0.462. The van der Waals surface area contributed by atoms with E-state index >= 15 is 0 Å². The van der Waals surface area contributed by atoms with Gasteiger partial charge in [-0.25, -0.2) is 0 Å². The summed E-state index contributed by atoms with van der Waals surface area (Å²) in [4.78, 5) is 11.7. The van der Waals surface area contributed by atoms with Crippen LogP contribution in [0, 0.1) is 0 Å². The minimum atomic E-state index is -4.16. The number of unbranched alkanes of at least 4 members (excludes halogenated alkanes) is 1. The molecule has 0 bridgehead atoms. The Labute approximate surface area is 114 Å². The van der Waals surface area contributed by atoms with Crippen molar-refractivity contribution in [2.45, 2.75) is 25.4 Å². The first-order valence-corrected chi connectivity index (χ1v) is 6.05. The average Bonchev–Trinajstić information content (AvgIpc) is 2.36. The summed E-state index contributed by atoms with van der Waals surface area (Å²) in [6.07, 6.45) is -4.80. The molecule has 2 N–H and O–H groups in total. The highest BCUT2D eigenvalue weighted by molar-refractivity contribution is 5.94. The molecule has 0 heterocycles. The highest BCUT2D eigenvalue weighted by Crippen LogP contribution is 2.26. The van der Waals surface area contributed by atoms with Crippen LogP contribution in [0.1, 0.15) is 29.6 Å². The van der Waals surface area contributed by atoms with Crippen molar-refractivity contribution in [2.24, 2.45) is 0 Å². The maximum Gasteiger partial charge on any atom is 0.389 e. The zero-order valence-corrected chi connectivity index (χ0v) is 11.0. The van der Waals surface area contributed by atoms with E-state index in [1.54, 1.807) is 0 Å². The van der Waals surface area contributed by atoms with E-state index in [1.807, 2.05) is 0 Å². The summed E-state index contributed by atoms with van der Waals surface area (Å²) in [5.74, 6) is -0.376. The number of aromatic hydroxyl groups is 1. The summed E-state index contributed by atoms with van der Waals surface area (Å²) in [7, 11) is 1.38. The van der Waals surface area contributed by atoms with E-state index in [-0.39, 0.29) is 36.4 Å². The molecular weight excluding hydrogens is 275 g/mol. The molecule has 0 radical (unpaired) electrons. The van der Waals surface area contributed by atoms with Crippen LogP contribution in [0.25, 0.3) is 0 Å². The van der Waals surface area contributed by atoms with E-state index < -0.39 is 18.5 Å². The van der Waals surface area contributed by atoms with Crippen molar-refractivity contribution in [3.8, 4) is 11.5 Å². The second-order valence-electron chi connectivity index (χ2n) is 4.21. The molecule has 4 nitrogen and oxygen atoms in total. The van der Waals surface area contributed by atoms with Crippen molar-refractivity contribution in [1.82, 2.24) is 5.32 Å². The number of carbonyl (C=O) groups is 1. The molecule has 0 aliphatic rings. The number of hydrogen-bond donors (Lipinski definition) is 2. The Bertz CT molecular complexity index is 461. The highest BCUT2D eigenvalue weighted by atomic mass is 19.4. The summed E-state index contributed by atoms with van der Waals surface area (Å²) >= 11 is 0. The van der Waals surface area contributed by atoms with Crippen LogP contribution in [0.15, 0.2) is 18.2 Å². The van der Waals surface area contributed by atoms with Crippen molar-refractivity contribution in [3.63, 3.8) is 0 Å². The number of methoxy groups -OCH3 is 1. The quantitative estimate of drug-likeness (QED) is 0.792. The van der Waals surface area contributed by atoms with Crippen LogP contribution in [0.4, 0.5) is 13.2 Å². The Morgan fingerprint density at radius 3 is 2.60 bits per heavy atom. The molecule has 0 saturated heterocycles. The lowest BCUT2D eigenvalue weighted by atomic mass is 10.2. The Balaban J connectivity index is 2.38. The van der Waals surface area contributed by atoms with Gasteiger partial charge in [0, 0.05) is 18.5 Å². The topological polar surface area (TPSA) is 58.6 Å². The SMILES string of the molecule is COc1ccc(C(=O)NCCCCC(F)(F)F)cc1O. The minimum Gasteiger partial charge on any atom is -0.504 e. The van der Waals surface area contributed by atoms with Crippen molar-refractivity contribution in [3.05, 3.63) is 23.8 Å². The first kappa shape index (κ1) is 16.1. The first-order valence-electron chi connectivity index (χ1n) is 6.05. The van der Waals surface area contributed by atoms with E-state index in [4.69, 9.17) is 4.74 Å². The van der Waals surface area contributed by atoms with Gasteiger partial charge in [0.1, 0.15) is 0 Å². The van der Waals surface area contributed by atoms with Crippen molar-refractivity contribution >= 4 is 5.91 Å². The molecule has 0 spiro atoms. The Kier molecular flexibility index (Phi) is 5.66. The number of ether oxygens (including phenoxy) is 1. The van der Waals surface area contributed by atoms with E-state index in [2.05, 4.69) is 5.32 Å². The zero-order valence-electron chi connectivity index (χ0n) is 11.0. The molecule has 0 atom stereocenters. The molecule has 7 heteroatoms. The predicted molar refractivity (Wildman–Crippen MR) is 66.9 cm³/mol. The van der Waals surface area contributed by atoms with Gasteiger partial charge in [-0.2, -0.15) is 13.2 Å². The number of nitrogens with one attached hydrogen (secondary N) is 1. The molecule has 0 unspecified atom stereocenters. The van der Waals surface area contributed by atoms with Crippen LogP contribution in [0.3, 0.4) is 0 Å². The maximum absolute atomic E-state index is 11.9. The number of rotatable bonds is 6. The normalized spacial score (nSPS) is 11.2. The van der Waals surface area contributed by atoms with E-state index in [9.17, 15) is 23.1 Å². The number of amides is 1. The first-order chi connectivity index (χ1) is 9.33. The number of halogens is 3. The number of hydrogen-bond acceptors (Lipinski definition) is 3. The lowest BCUT2D eigenvalue weighted by Crippen LogP contribution is -2.24. The lowest BCUT2D eigenvalue weighted by Gasteiger charge is -2.08. The minimum absolute atomic E-state index is 0.0301. The van der Waals surface area contributed by atoms with Gasteiger partial charge in [-0.05, 0) is 31.0 Å². The third kappa shape index (κ3) is 5.38. The van der Waals surface area contributed by atoms with Crippen LogP contribution in [0.2, 0.25) is 0 Å². The molecule has 1 amide bonds. The van der Waals surface area contributed by atoms with Gasteiger partial charge in [-0.3, -0.25) is 4.79 Å². The Morgan fingerprint density at radius 2 is 2.05 bits per heavy atom. The lowest BCUT2D eigenvalue weighted by molar-refractivity contribution is -0.135. The molecular formula is C13H16F3NO3. The largest absolute Gasteiger partial charge is 0.504 e. The zero-order chi connectivity index (χ0) is 15.2. The number of benzene rings is 1. The fourth-order valence-corrected chi connectivity index (χ4v) is 1.59. The van der Waals surface area contributed by atoms with E-state index in [0.717, 1.165) is 0 Å². The molecule has 0 saturated carbocycles. The molecule has 0 fully saturated rings. The van der Waals surface area contributed by atoms with Crippen LogP contribution in [-0.2, 0) is 0 Å². The predicted octanol–water partition coefficient (Wildman–Crippen LogP) is 2.86. The molecule has 1 rings (SSSR count). The fourth-order valence-electron chi connectivity index (χ4n) is 1.59. The van der Waals surface area contributed by atoms with Crippen molar-refractivity contribution in [1.29, 1.82) is 0 Å². The molecule has 0 aliphatic heterocycles. The van der Waals surface area contributed by atoms with Crippen LogP contribution in [-0.4, -0.2) is 30.8 Å². The Hall–Kier alpha value is -1.92. The summed E-state index contributed by atoms with van der Waals surface area (Å²) in [6.45, 7) is 0.154. The second-order valence-corrected chi connectivity index (χ2v) is 4.21. The Morgan fingerprint density at radius 1 is 1.35 bits per heavy atom. The third-order valence-electron chi connectivity index (χ3n) is 2.61. The molecule has 1 aromatic rings. The molecule has 112 valence electrons. The summed E-state index contributed by atoms with van der Waals surface area (Å²) in [6, 6.07) is 4.14.